The van der Waals surface area contributed by atoms with Crippen molar-refractivity contribution in [2.75, 3.05) is 37.3 Å². The van der Waals surface area contributed by atoms with E-state index in [1.54, 1.807) is 23.1 Å². The van der Waals surface area contributed by atoms with Gasteiger partial charge in [0.15, 0.2) is 15.0 Å². The lowest BCUT2D eigenvalue weighted by Crippen LogP contribution is -2.38. The van der Waals surface area contributed by atoms with E-state index in [0.29, 0.717) is 28.8 Å². The summed E-state index contributed by atoms with van der Waals surface area (Å²) in [6.45, 7) is 7.12. The van der Waals surface area contributed by atoms with Gasteiger partial charge in [0.2, 0.25) is 0 Å². The fourth-order valence-corrected chi connectivity index (χ4v) is 4.96. The minimum Gasteiger partial charge on any atom is -0.302 e. The molecule has 6 nitrogen and oxygen atoms in total. The fourth-order valence-electron chi connectivity index (χ4n) is 3.07. The maximum Gasteiger partial charge on any atom is 0.260 e. The van der Waals surface area contributed by atoms with Crippen molar-refractivity contribution in [1.82, 2.24) is 9.88 Å². The topological polar surface area (TPSA) is 70.6 Å². The lowest BCUT2D eigenvalue weighted by Gasteiger charge is -2.24. The smallest absolute Gasteiger partial charge is 0.260 e. The summed E-state index contributed by atoms with van der Waals surface area (Å²) in [5.74, 6) is -0.215. The van der Waals surface area contributed by atoms with Crippen LogP contribution in [0, 0.1) is 0 Å². The number of hydrogen-bond acceptors (Lipinski definition) is 6. The van der Waals surface area contributed by atoms with E-state index in [9.17, 15) is 13.2 Å². The zero-order chi connectivity index (χ0) is 21.9. The van der Waals surface area contributed by atoms with Crippen LogP contribution < -0.4 is 4.90 Å². The molecule has 0 saturated carbocycles. The number of halogens is 2. The molecule has 10 heteroatoms. The summed E-state index contributed by atoms with van der Waals surface area (Å²) < 4.78 is 24.3. The van der Waals surface area contributed by atoms with Crippen molar-refractivity contribution < 1.29 is 13.2 Å². The molecule has 1 aromatic heterocycles. The monoisotopic (exact) mass is 501 g/mol. The Morgan fingerprint density at radius 1 is 1.06 bits per heavy atom. The number of amides is 1. The molecule has 3 aromatic rings. The van der Waals surface area contributed by atoms with E-state index < -0.39 is 9.84 Å². The SMILES string of the molecule is CCN(CC)CCN(C(=O)c1ccc(S(C)(=O)=O)cc1)c1nc2ccc(Cl)cc2s1.Cl. The Morgan fingerprint density at radius 2 is 1.71 bits per heavy atom. The van der Waals surface area contributed by atoms with Crippen molar-refractivity contribution >= 4 is 66.4 Å². The Hall–Kier alpha value is -1.71. The number of likely N-dealkylation sites (N-methyl/N-ethyl adjacent to an activating group) is 1. The molecular weight excluding hydrogens is 477 g/mol. The van der Waals surface area contributed by atoms with Crippen LogP contribution in [0.5, 0.6) is 0 Å². The van der Waals surface area contributed by atoms with Crippen LogP contribution in [0.25, 0.3) is 10.2 Å². The van der Waals surface area contributed by atoms with Crippen molar-refractivity contribution in [3.63, 3.8) is 0 Å². The predicted octanol–water partition coefficient (Wildman–Crippen LogP) is 4.76. The molecule has 0 N–H and O–H groups in total. The minimum atomic E-state index is -3.32. The van der Waals surface area contributed by atoms with Gasteiger partial charge in [-0.25, -0.2) is 13.4 Å². The standard InChI is InChI=1S/C21H24ClN3O3S2.ClH/c1-4-24(5-2)12-13-25(21-23-18-11-8-16(22)14-19(18)29-21)20(26)15-6-9-17(10-7-15)30(3,27)28;/h6-11,14H,4-5,12-13H2,1-3H3;1H. The third-order valence-corrected chi connectivity index (χ3v) is 7.28. The lowest BCUT2D eigenvalue weighted by atomic mass is 10.2. The number of aromatic nitrogens is 1. The maximum absolute atomic E-state index is 13.3. The van der Waals surface area contributed by atoms with Crippen molar-refractivity contribution in [2.45, 2.75) is 18.7 Å². The molecule has 1 heterocycles. The highest BCUT2D eigenvalue weighted by Crippen LogP contribution is 2.31. The highest BCUT2D eigenvalue weighted by atomic mass is 35.5. The van der Waals surface area contributed by atoms with Gasteiger partial charge >= 0.3 is 0 Å². The summed E-state index contributed by atoms with van der Waals surface area (Å²) in [5, 5.41) is 1.21. The van der Waals surface area contributed by atoms with E-state index >= 15 is 0 Å². The van der Waals surface area contributed by atoms with E-state index in [1.807, 2.05) is 12.1 Å². The number of nitrogens with zero attached hydrogens (tertiary/aromatic N) is 3. The summed E-state index contributed by atoms with van der Waals surface area (Å²) in [7, 11) is -3.32. The van der Waals surface area contributed by atoms with Crippen molar-refractivity contribution in [3.05, 3.63) is 53.1 Å². The second-order valence-electron chi connectivity index (χ2n) is 6.89. The van der Waals surface area contributed by atoms with Crippen LogP contribution in [0.15, 0.2) is 47.4 Å². The summed E-state index contributed by atoms with van der Waals surface area (Å²) >= 11 is 7.51. The molecule has 0 aliphatic rings. The maximum atomic E-state index is 13.3. The first-order valence-electron chi connectivity index (χ1n) is 9.63. The normalized spacial score (nSPS) is 11.5. The Labute approximate surface area is 198 Å². The number of rotatable bonds is 8. The van der Waals surface area contributed by atoms with Gasteiger partial charge < -0.3 is 4.90 Å². The van der Waals surface area contributed by atoms with Gasteiger partial charge in [0.25, 0.3) is 5.91 Å². The third-order valence-electron chi connectivity index (χ3n) is 4.88. The highest BCUT2D eigenvalue weighted by Gasteiger charge is 2.22. The van der Waals surface area contributed by atoms with E-state index in [1.165, 1.54) is 23.5 Å². The number of hydrogen-bond donors (Lipinski definition) is 0. The summed E-state index contributed by atoms with van der Waals surface area (Å²) in [5.41, 5.74) is 1.20. The van der Waals surface area contributed by atoms with Crippen LogP contribution in [0.4, 0.5) is 5.13 Å². The molecule has 168 valence electrons. The van der Waals surface area contributed by atoms with Crippen molar-refractivity contribution in [3.8, 4) is 0 Å². The van der Waals surface area contributed by atoms with Gasteiger partial charge in [0.05, 0.1) is 15.1 Å². The molecule has 3 rings (SSSR count). The van der Waals surface area contributed by atoms with Crippen molar-refractivity contribution in [1.29, 1.82) is 0 Å². The number of carbonyl (C=O) groups excluding carboxylic acids is 1. The van der Waals surface area contributed by atoms with Gasteiger partial charge in [0.1, 0.15) is 0 Å². The molecule has 2 aromatic carbocycles. The number of fused-ring (bicyclic) bond motifs is 1. The molecule has 1 amide bonds. The molecule has 0 bridgehead atoms. The molecule has 0 fully saturated rings. The van der Waals surface area contributed by atoms with E-state index in [-0.39, 0.29) is 23.2 Å². The molecule has 0 saturated heterocycles. The Balaban J connectivity index is 0.00000341. The zero-order valence-corrected chi connectivity index (χ0v) is 20.7. The van der Waals surface area contributed by atoms with Gasteiger partial charge in [-0.15, -0.1) is 12.4 Å². The molecule has 31 heavy (non-hydrogen) atoms. The van der Waals surface area contributed by atoms with Crippen LogP contribution in [0.2, 0.25) is 5.02 Å². The van der Waals surface area contributed by atoms with Crippen LogP contribution in [0.3, 0.4) is 0 Å². The molecule has 0 radical (unpaired) electrons. The van der Waals surface area contributed by atoms with Crippen LogP contribution in [0.1, 0.15) is 24.2 Å². The summed E-state index contributed by atoms with van der Waals surface area (Å²) in [4.78, 5) is 22.1. The van der Waals surface area contributed by atoms with Crippen LogP contribution in [-0.2, 0) is 9.84 Å². The largest absolute Gasteiger partial charge is 0.302 e. The number of sulfone groups is 1. The first-order valence-corrected chi connectivity index (χ1v) is 12.7. The van der Waals surface area contributed by atoms with Crippen molar-refractivity contribution in [2.24, 2.45) is 0 Å². The summed E-state index contributed by atoms with van der Waals surface area (Å²) in [6.07, 6.45) is 1.15. The average Bonchev–Trinajstić information content (AvgIpc) is 3.13. The zero-order valence-electron chi connectivity index (χ0n) is 17.5. The second kappa shape index (κ2) is 10.7. The van der Waals surface area contributed by atoms with E-state index in [4.69, 9.17) is 11.6 Å². The molecular formula is C21H25Cl2N3O3S2. The van der Waals surface area contributed by atoms with Gasteiger partial charge in [-0.05, 0) is 55.6 Å². The second-order valence-corrected chi connectivity index (χ2v) is 10.3. The minimum absolute atomic E-state index is 0. The van der Waals surface area contributed by atoms with Crippen LogP contribution >= 0.6 is 35.3 Å². The van der Waals surface area contributed by atoms with Gasteiger partial charge in [-0.3, -0.25) is 9.69 Å². The number of anilines is 1. The molecule has 0 spiro atoms. The van der Waals surface area contributed by atoms with E-state index in [0.717, 1.165) is 29.6 Å². The average molecular weight is 502 g/mol. The highest BCUT2D eigenvalue weighted by molar-refractivity contribution is 7.90. The number of benzene rings is 2. The first kappa shape index (κ1) is 25.5. The molecule has 0 aliphatic heterocycles. The third kappa shape index (κ3) is 6.17. The van der Waals surface area contributed by atoms with Gasteiger partial charge in [0, 0.05) is 29.9 Å². The molecule has 0 aliphatic carbocycles. The quantitative estimate of drug-likeness (QED) is 0.444. The number of carbonyl (C=O) groups is 1. The van der Waals surface area contributed by atoms with Gasteiger partial charge in [-0.1, -0.05) is 36.8 Å². The molecule has 0 unspecified atom stereocenters. The Kier molecular flexibility index (Phi) is 8.85. The van der Waals surface area contributed by atoms with Crippen LogP contribution in [-0.4, -0.2) is 56.6 Å². The number of thiazole rings is 1. The Bertz CT molecular complexity index is 1140. The predicted molar refractivity (Wildman–Crippen MR) is 131 cm³/mol. The fraction of sp³-hybridized carbons (Fsp3) is 0.333. The van der Waals surface area contributed by atoms with Gasteiger partial charge in [-0.2, -0.15) is 0 Å². The Morgan fingerprint density at radius 3 is 2.29 bits per heavy atom. The molecule has 0 atom stereocenters. The first-order chi connectivity index (χ1) is 14.2. The van der Waals surface area contributed by atoms with E-state index in [2.05, 4.69) is 23.7 Å². The lowest BCUT2D eigenvalue weighted by molar-refractivity contribution is 0.0983. The summed E-state index contributed by atoms with van der Waals surface area (Å²) in [6, 6.07) is 11.5.